The highest BCUT2D eigenvalue weighted by Crippen LogP contribution is 2.28. The molecule has 2 aromatic carbocycles. The van der Waals surface area contributed by atoms with Crippen LogP contribution in [-0.2, 0) is 22.4 Å². The zero-order valence-corrected chi connectivity index (χ0v) is 28.0. The second-order valence-corrected chi connectivity index (χ2v) is 12.1. The molecule has 0 aromatic heterocycles. The number of benzene rings is 2. The summed E-state index contributed by atoms with van der Waals surface area (Å²) in [5, 5.41) is 17.0. The molecule has 0 radical (unpaired) electrons. The summed E-state index contributed by atoms with van der Waals surface area (Å²) in [6.07, 6.45) is 20.0. The summed E-state index contributed by atoms with van der Waals surface area (Å²) in [6.45, 7) is 12.0. The number of carbonyl (C=O) groups excluding carboxylic acids is 1. The number of esters is 1. The molecule has 0 aliphatic heterocycles. The average molecular weight is 609 g/mol. The highest BCUT2D eigenvalue weighted by molar-refractivity contribution is 5.89. The number of unbranched alkanes of at least 4 members (excludes halogenated alkanes) is 12. The van der Waals surface area contributed by atoms with Crippen molar-refractivity contribution in [2.45, 2.75) is 124 Å². The minimum Gasteiger partial charge on any atom is -0.506 e. The van der Waals surface area contributed by atoms with E-state index < -0.39 is 5.97 Å². The number of rotatable bonds is 26. The van der Waals surface area contributed by atoms with Crippen molar-refractivity contribution in [3.63, 3.8) is 0 Å². The number of carbonyl (C=O) groups is 1. The van der Waals surface area contributed by atoms with Gasteiger partial charge in [-0.05, 0) is 68.0 Å². The van der Waals surface area contributed by atoms with Gasteiger partial charge in [-0.25, -0.2) is 4.79 Å². The molecule has 0 unspecified atom stereocenters. The molecule has 0 saturated heterocycles. The summed E-state index contributed by atoms with van der Waals surface area (Å²) < 4.78 is 11.4. The van der Waals surface area contributed by atoms with Gasteiger partial charge in [0, 0.05) is 18.7 Å². The van der Waals surface area contributed by atoms with E-state index >= 15 is 0 Å². The number of ether oxygens (including phenoxy) is 2. The molecule has 6 nitrogen and oxygen atoms in total. The first-order valence-corrected chi connectivity index (χ1v) is 17.3. The standard InChI is InChI=1S/C38H60N2O4/c1-5-7-9-11-13-15-17-19-32-21-23-36(41)34(29-32)39-25-27-43-28-26-40-35-30-33(20-18-16-14-12-10-8-6-2)22-24-37(35)44-38(42)31(3)4/h21-24,29-30,39-41H,3,5-20,25-28H2,1-2,4H3. The zero-order chi connectivity index (χ0) is 31.8. The van der Waals surface area contributed by atoms with E-state index in [1.165, 1.54) is 94.6 Å². The van der Waals surface area contributed by atoms with E-state index in [0.29, 0.717) is 37.6 Å². The third kappa shape index (κ3) is 16.2. The van der Waals surface area contributed by atoms with Gasteiger partial charge in [-0.2, -0.15) is 0 Å². The summed E-state index contributed by atoms with van der Waals surface area (Å²) in [6, 6.07) is 11.9. The van der Waals surface area contributed by atoms with Gasteiger partial charge in [0.15, 0.2) is 5.75 Å². The molecule has 0 fully saturated rings. The van der Waals surface area contributed by atoms with Crippen LogP contribution in [0.5, 0.6) is 11.5 Å². The number of phenolic OH excluding ortho intramolecular Hbond substituents is 1. The SMILES string of the molecule is C=C(C)C(=O)Oc1ccc(CCCCCCCCC)cc1NCCOCCNc1cc(CCCCCCCCC)ccc1O. The number of anilines is 2. The Morgan fingerprint density at radius 3 is 1.73 bits per heavy atom. The minimum atomic E-state index is -0.426. The van der Waals surface area contributed by atoms with Crippen molar-refractivity contribution in [3.05, 3.63) is 59.7 Å². The lowest BCUT2D eigenvalue weighted by Crippen LogP contribution is -2.16. The molecule has 2 rings (SSSR count). The van der Waals surface area contributed by atoms with E-state index in [2.05, 4.69) is 43.2 Å². The maximum absolute atomic E-state index is 12.2. The highest BCUT2D eigenvalue weighted by Gasteiger charge is 2.11. The molecule has 0 spiro atoms. The first kappa shape index (κ1) is 37.2. The predicted octanol–water partition coefficient (Wildman–Crippen LogP) is 10.0. The molecule has 0 bridgehead atoms. The molecule has 246 valence electrons. The topological polar surface area (TPSA) is 79.8 Å². The molecule has 2 aromatic rings. The van der Waals surface area contributed by atoms with Crippen molar-refractivity contribution >= 4 is 17.3 Å². The van der Waals surface area contributed by atoms with Gasteiger partial charge in [0.25, 0.3) is 0 Å². The van der Waals surface area contributed by atoms with E-state index in [1.54, 1.807) is 13.0 Å². The van der Waals surface area contributed by atoms with Crippen molar-refractivity contribution in [2.75, 3.05) is 36.9 Å². The predicted molar refractivity (Wildman–Crippen MR) is 186 cm³/mol. The Morgan fingerprint density at radius 1 is 0.705 bits per heavy atom. The van der Waals surface area contributed by atoms with Crippen molar-refractivity contribution in [1.82, 2.24) is 0 Å². The Bertz CT molecular complexity index is 1080. The quantitative estimate of drug-likeness (QED) is 0.0324. The van der Waals surface area contributed by atoms with Gasteiger partial charge in [-0.1, -0.05) is 110 Å². The Kier molecular flexibility index (Phi) is 19.8. The molecule has 0 amide bonds. The van der Waals surface area contributed by atoms with Crippen LogP contribution in [-0.4, -0.2) is 37.4 Å². The fourth-order valence-corrected chi connectivity index (χ4v) is 5.22. The Hall–Kier alpha value is -2.99. The number of aryl methyl sites for hydroxylation is 2. The van der Waals surface area contributed by atoms with E-state index in [0.717, 1.165) is 30.6 Å². The molecular formula is C38H60N2O4. The van der Waals surface area contributed by atoms with Crippen molar-refractivity contribution < 1.29 is 19.4 Å². The lowest BCUT2D eigenvalue weighted by Gasteiger charge is -2.15. The van der Waals surface area contributed by atoms with E-state index in [-0.39, 0.29) is 5.75 Å². The van der Waals surface area contributed by atoms with Crippen LogP contribution in [0.4, 0.5) is 11.4 Å². The highest BCUT2D eigenvalue weighted by atomic mass is 16.5. The number of nitrogens with one attached hydrogen (secondary N) is 2. The van der Waals surface area contributed by atoms with Crippen LogP contribution in [0.25, 0.3) is 0 Å². The van der Waals surface area contributed by atoms with E-state index in [4.69, 9.17) is 9.47 Å². The first-order chi connectivity index (χ1) is 21.4. The van der Waals surface area contributed by atoms with Gasteiger partial charge < -0.3 is 25.2 Å². The lowest BCUT2D eigenvalue weighted by atomic mass is 10.0. The number of hydrogen-bond donors (Lipinski definition) is 3. The van der Waals surface area contributed by atoms with E-state index in [1.807, 2.05) is 18.2 Å². The normalized spacial score (nSPS) is 11.0. The van der Waals surface area contributed by atoms with Gasteiger partial charge in [0.2, 0.25) is 0 Å². The van der Waals surface area contributed by atoms with Gasteiger partial charge in [0.1, 0.15) is 5.75 Å². The van der Waals surface area contributed by atoms with Crippen LogP contribution in [0.3, 0.4) is 0 Å². The summed E-state index contributed by atoms with van der Waals surface area (Å²) >= 11 is 0. The molecule has 3 N–H and O–H groups in total. The van der Waals surface area contributed by atoms with E-state index in [9.17, 15) is 9.90 Å². The number of hydrogen-bond acceptors (Lipinski definition) is 6. The minimum absolute atomic E-state index is 0.267. The van der Waals surface area contributed by atoms with Gasteiger partial charge in [-0.3, -0.25) is 0 Å². The molecule has 0 atom stereocenters. The molecule has 0 saturated carbocycles. The fourth-order valence-electron chi connectivity index (χ4n) is 5.22. The maximum atomic E-state index is 12.2. The Balaban J connectivity index is 1.74. The largest absolute Gasteiger partial charge is 0.506 e. The van der Waals surface area contributed by atoms with Gasteiger partial charge in [0.05, 0.1) is 24.6 Å². The van der Waals surface area contributed by atoms with Crippen molar-refractivity contribution in [2.24, 2.45) is 0 Å². The second-order valence-electron chi connectivity index (χ2n) is 12.1. The van der Waals surface area contributed by atoms with Gasteiger partial charge in [-0.15, -0.1) is 0 Å². The van der Waals surface area contributed by atoms with Crippen LogP contribution < -0.4 is 15.4 Å². The molecule has 0 aliphatic rings. The molecule has 0 aliphatic carbocycles. The third-order valence-electron chi connectivity index (χ3n) is 7.92. The second kappa shape index (κ2) is 23.4. The van der Waals surface area contributed by atoms with Crippen LogP contribution in [0.15, 0.2) is 48.6 Å². The van der Waals surface area contributed by atoms with Crippen LogP contribution in [0.2, 0.25) is 0 Å². The average Bonchev–Trinajstić information content (AvgIpc) is 3.01. The van der Waals surface area contributed by atoms with Crippen LogP contribution >= 0.6 is 0 Å². The van der Waals surface area contributed by atoms with Gasteiger partial charge >= 0.3 is 5.97 Å². The first-order valence-electron chi connectivity index (χ1n) is 17.3. The van der Waals surface area contributed by atoms with Crippen LogP contribution in [0, 0.1) is 0 Å². The van der Waals surface area contributed by atoms with Crippen LogP contribution in [0.1, 0.15) is 122 Å². The lowest BCUT2D eigenvalue weighted by molar-refractivity contribution is -0.130. The van der Waals surface area contributed by atoms with Crippen molar-refractivity contribution in [3.8, 4) is 11.5 Å². The fraction of sp³-hybridized carbons (Fsp3) is 0.605. The maximum Gasteiger partial charge on any atom is 0.338 e. The summed E-state index contributed by atoms with van der Waals surface area (Å²) in [4.78, 5) is 12.2. The molecule has 6 heteroatoms. The smallest absolute Gasteiger partial charge is 0.338 e. The molecule has 0 heterocycles. The number of aromatic hydroxyl groups is 1. The summed E-state index contributed by atoms with van der Waals surface area (Å²) in [7, 11) is 0. The zero-order valence-electron chi connectivity index (χ0n) is 28.0. The Morgan fingerprint density at radius 2 is 1.18 bits per heavy atom. The van der Waals surface area contributed by atoms with Crippen molar-refractivity contribution in [1.29, 1.82) is 0 Å². The molecule has 44 heavy (non-hydrogen) atoms. The number of phenols is 1. The molecular weight excluding hydrogens is 548 g/mol. The summed E-state index contributed by atoms with van der Waals surface area (Å²) in [5.74, 6) is 0.350. The summed E-state index contributed by atoms with van der Waals surface area (Å²) in [5.41, 5.74) is 4.41. The Labute approximate surface area is 268 Å². The monoisotopic (exact) mass is 608 g/mol. The third-order valence-corrected chi connectivity index (χ3v) is 7.92.